The molecule has 3 rings (SSSR count). The molecule has 1 amide bonds. The van der Waals surface area contributed by atoms with Gasteiger partial charge in [-0.15, -0.1) is 10.2 Å². The topological polar surface area (TPSA) is 51.0 Å². The van der Waals surface area contributed by atoms with Crippen LogP contribution in [0.1, 0.15) is 50.3 Å². The lowest BCUT2D eigenvalue weighted by atomic mass is 9.80. The van der Waals surface area contributed by atoms with Gasteiger partial charge in [-0.2, -0.15) is 13.2 Å². The van der Waals surface area contributed by atoms with Gasteiger partial charge < -0.3 is 9.47 Å². The van der Waals surface area contributed by atoms with Crippen LogP contribution in [0.15, 0.2) is 6.33 Å². The van der Waals surface area contributed by atoms with E-state index in [4.69, 9.17) is 0 Å². The Balaban J connectivity index is 1.56. The summed E-state index contributed by atoms with van der Waals surface area (Å²) in [6, 6.07) is 0. The van der Waals surface area contributed by atoms with Gasteiger partial charge in [-0.1, -0.05) is 6.42 Å². The zero-order chi connectivity index (χ0) is 17.3. The Hall–Kier alpha value is -1.60. The fourth-order valence-corrected chi connectivity index (χ4v) is 3.99. The summed E-state index contributed by atoms with van der Waals surface area (Å²) in [6.07, 6.45) is 0.211. The maximum Gasteiger partial charge on any atom is 0.391 e. The predicted molar refractivity (Wildman–Crippen MR) is 81.1 cm³/mol. The van der Waals surface area contributed by atoms with Gasteiger partial charge in [0.15, 0.2) is 0 Å². The molecule has 1 aromatic heterocycles. The second-order valence-corrected chi connectivity index (χ2v) is 7.00. The van der Waals surface area contributed by atoms with Crippen LogP contribution in [0, 0.1) is 11.8 Å². The van der Waals surface area contributed by atoms with E-state index in [9.17, 15) is 18.0 Å². The molecule has 2 heterocycles. The third-order valence-electron chi connectivity index (χ3n) is 5.40. The molecular formula is C16H23F3N4O. The molecule has 0 unspecified atom stereocenters. The molecule has 1 saturated carbocycles. The molecule has 0 spiro atoms. The first-order chi connectivity index (χ1) is 11.4. The Morgan fingerprint density at radius 2 is 1.92 bits per heavy atom. The lowest BCUT2D eigenvalue weighted by molar-refractivity contribution is -0.187. The highest BCUT2D eigenvalue weighted by Gasteiger charge is 2.44. The summed E-state index contributed by atoms with van der Waals surface area (Å²) in [4.78, 5) is 14.4. The molecule has 5 nitrogen and oxygen atoms in total. The lowest BCUT2D eigenvalue weighted by Crippen LogP contribution is -2.43. The Morgan fingerprint density at radius 1 is 1.21 bits per heavy atom. The van der Waals surface area contributed by atoms with Crippen LogP contribution in [0.2, 0.25) is 0 Å². The number of aromatic nitrogens is 3. The summed E-state index contributed by atoms with van der Waals surface area (Å²) in [5, 5.41) is 8.00. The van der Waals surface area contributed by atoms with Crippen molar-refractivity contribution in [3.05, 3.63) is 12.2 Å². The van der Waals surface area contributed by atoms with Gasteiger partial charge in [0.25, 0.3) is 0 Å². The Labute approximate surface area is 139 Å². The molecule has 0 radical (unpaired) electrons. The molecule has 1 aromatic rings. The van der Waals surface area contributed by atoms with E-state index in [2.05, 4.69) is 10.2 Å². The highest BCUT2D eigenvalue weighted by Crippen LogP contribution is 2.40. The smallest absolute Gasteiger partial charge is 0.342 e. The van der Waals surface area contributed by atoms with E-state index in [-0.39, 0.29) is 24.7 Å². The first-order valence-electron chi connectivity index (χ1n) is 8.55. The first kappa shape index (κ1) is 17.2. The van der Waals surface area contributed by atoms with Crippen LogP contribution in [0.4, 0.5) is 13.2 Å². The van der Waals surface area contributed by atoms with Gasteiger partial charge in [0.1, 0.15) is 12.2 Å². The van der Waals surface area contributed by atoms with Crippen molar-refractivity contribution in [2.24, 2.45) is 18.9 Å². The summed E-state index contributed by atoms with van der Waals surface area (Å²) in [7, 11) is 1.90. The maximum absolute atomic E-state index is 12.9. The summed E-state index contributed by atoms with van der Waals surface area (Å²) >= 11 is 0. The van der Waals surface area contributed by atoms with E-state index >= 15 is 0 Å². The van der Waals surface area contributed by atoms with Crippen LogP contribution < -0.4 is 0 Å². The van der Waals surface area contributed by atoms with Crippen LogP contribution in [-0.4, -0.2) is 44.8 Å². The van der Waals surface area contributed by atoms with Crippen molar-refractivity contribution in [3.8, 4) is 0 Å². The third kappa shape index (κ3) is 3.57. The van der Waals surface area contributed by atoms with Gasteiger partial charge >= 0.3 is 6.18 Å². The van der Waals surface area contributed by atoms with Crippen molar-refractivity contribution >= 4 is 5.91 Å². The van der Waals surface area contributed by atoms with Crippen LogP contribution in [0.3, 0.4) is 0 Å². The summed E-state index contributed by atoms with van der Waals surface area (Å²) < 4.78 is 40.7. The fourth-order valence-electron chi connectivity index (χ4n) is 3.99. The number of carbonyl (C=O) groups excluding carboxylic acids is 1. The van der Waals surface area contributed by atoms with E-state index in [0.29, 0.717) is 25.9 Å². The van der Waals surface area contributed by atoms with Crippen molar-refractivity contribution in [2.45, 2.75) is 50.6 Å². The van der Waals surface area contributed by atoms with Gasteiger partial charge in [-0.05, 0) is 32.1 Å². The zero-order valence-corrected chi connectivity index (χ0v) is 13.8. The number of rotatable bonds is 2. The predicted octanol–water partition coefficient (Wildman–Crippen LogP) is 2.89. The average molecular weight is 344 g/mol. The van der Waals surface area contributed by atoms with Gasteiger partial charge in [0, 0.05) is 32.0 Å². The Kier molecular flexibility index (Phi) is 4.83. The minimum Gasteiger partial charge on any atom is -0.342 e. The summed E-state index contributed by atoms with van der Waals surface area (Å²) in [5.74, 6) is -0.721. The van der Waals surface area contributed by atoms with Crippen molar-refractivity contribution in [1.29, 1.82) is 0 Å². The number of carbonyl (C=O) groups is 1. The molecule has 8 heteroatoms. The fraction of sp³-hybridized carbons (Fsp3) is 0.812. The highest BCUT2D eigenvalue weighted by molar-refractivity contribution is 5.79. The molecule has 2 fully saturated rings. The normalized spacial score (nSPS) is 26.6. The number of nitrogens with zero attached hydrogens (tertiary/aromatic N) is 4. The van der Waals surface area contributed by atoms with Crippen LogP contribution >= 0.6 is 0 Å². The molecule has 1 aliphatic heterocycles. The number of hydrogen-bond acceptors (Lipinski definition) is 3. The molecule has 1 aliphatic carbocycles. The number of aryl methyl sites for hydroxylation is 1. The largest absolute Gasteiger partial charge is 0.391 e. The molecule has 1 saturated heterocycles. The number of amides is 1. The number of piperidine rings is 1. The number of halogens is 3. The monoisotopic (exact) mass is 344 g/mol. The first-order valence-corrected chi connectivity index (χ1v) is 8.55. The van der Waals surface area contributed by atoms with E-state index in [1.165, 1.54) is 0 Å². The lowest BCUT2D eigenvalue weighted by Gasteiger charge is -2.36. The molecule has 2 atom stereocenters. The van der Waals surface area contributed by atoms with E-state index in [0.717, 1.165) is 18.7 Å². The minimum absolute atomic E-state index is 0.0501. The second kappa shape index (κ2) is 6.72. The van der Waals surface area contributed by atoms with E-state index in [1.54, 1.807) is 11.2 Å². The van der Waals surface area contributed by atoms with Crippen molar-refractivity contribution in [1.82, 2.24) is 19.7 Å². The quantitative estimate of drug-likeness (QED) is 0.829. The van der Waals surface area contributed by atoms with E-state index < -0.39 is 18.0 Å². The average Bonchev–Trinajstić information content (AvgIpc) is 3.00. The summed E-state index contributed by atoms with van der Waals surface area (Å²) in [6.45, 7) is 1.17. The zero-order valence-electron chi connectivity index (χ0n) is 13.8. The van der Waals surface area contributed by atoms with Crippen molar-refractivity contribution < 1.29 is 18.0 Å². The number of alkyl halides is 3. The Bertz CT molecular complexity index is 578. The van der Waals surface area contributed by atoms with Gasteiger partial charge in [0.2, 0.25) is 5.91 Å². The van der Waals surface area contributed by atoms with Gasteiger partial charge in [-0.25, -0.2) is 0 Å². The molecule has 134 valence electrons. The molecule has 2 aliphatic rings. The standard InChI is InChI=1S/C16H23F3N4O/c1-22-10-20-21-14(22)11-5-7-23(8-6-11)15(24)12-3-2-4-13(9-12)16(17,18)19/h10-13H,2-9H2,1H3/t12-,13+/m0/s1. The molecule has 0 bridgehead atoms. The number of hydrogen-bond donors (Lipinski definition) is 0. The third-order valence-corrected chi connectivity index (χ3v) is 5.40. The van der Waals surface area contributed by atoms with Crippen molar-refractivity contribution in [3.63, 3.8) is 0 Å². The molecule has 24 heavy (non-hydrogen) atoms. The van der Waals surface area contributed by atoms with Crippen LogP contribution in [0.25, 0.3) is 0 Å². The highest BCUT2D eigenvalue weighted by atomic mass is 19.4. The SMILES string of the molecule is Cn1cnnc1C1CCN(C(=O)[C@H]2CCC[C@@H](C(F)(F)F)C2)CC1. The summed E-state index contributed by atoms with van der Waals surface area (Å²) in [5.41, 5.74) is 0. The second-order valence-electron chi connectivity index (χ2n) is 7.00. The van der Waals surface area contributed by atoms with Crippen molar-refractivity contribution in [2.75, 3.05) is 13.1 Å². The minimum atomic E-state index is -4.18. The van der Waals surface area contributed by atoms with Crippen LogP contribution in [0.5, 0.6) is 0 Å². The van der Waals surface area contributed by atoms with Crippen LogP contribution in [-0.2, 0) is 11.8 Å². The molecule has 0 aromatic carbocycles. The van der Waals surface area contributed by atoms with E-state index in [1.807, 2.05) is 11.6 Å². The molecular weight excluding hydrogens is 321 g/mol. The Morgan fingerprint density at radius 3 is 2.50 bits per heavy atom. The maximum atomic E-state index is 12.9. The van der Waals surface area contributed by atoms with Gasteiger partial charge in [-0.3, -0.25) is 4.79 Å². The van der Waals surface area contributed by atoms with Gasteiger partial charge in [0.05, 0.1) is 5.92 Å². The molecule has 0 N–H and O–H groups in total. The number of likely N-dealkylation sites (tertiary alicyclic amines) is 1.